The molecule has 0 saturated carbocycles. The van der Waals surface area contributed by atoms with Gasteiger partial charge in [0.25, 0.3) is 18.8 Å². The minimum Gasteiger partial charge on any atom is -0.477 e. The second-order valence-corrected chi connectivity index (χ2v) is 32.4. The van der Waals surface area contributed by atoms with Crippen molar-refractivity contribution in [3.05, 3.63) is 109 Å². The number of morpholine rings is 4. The van der Waals surface area contributed by atoms with Gasteiger partial charge in [0.05, 0.1) is 131 Å². The van der Waals surface area contributed by atoms with E-state index in [1.165, 1.54) is 5.56 Å². The minimum atomic E-state index is -3.23. The van der Waals surface area contributed by atoms with Crippen LogP contribution in [0.1, 0.15) is 151 Å². The number of nitrogens with one attached hydrogen (secondary N) is 5. The predicted octanol–water partition coefficient (Wildman–Crippen LogP) is 13.7. The Morgan fingerprint density at radius 1 is 0.488 bits per heavy atom. The van der Waals surface area contributed by atoms with Crippen LogP contribution in [0, 0.1) is 0 Å². The molecule has 9 aliphatic heterocycles. The van der Waals surface area contributed by atoms with Crippen LogP contribution in [0.5, 0.6) is 0 Å². The largest absolute Gasteiger partial charge is 0.494 e. The van der Waals surface area contributed by atoms with Crippen LogP contribution in [-0.2, 0) is 89.7 Å². The van der Waals surface area contributed by atoms with E-state index in [4.69, 9.17) is 82.9 Å². The molecule has 0 aliphatic carbocycles. The van der Waals surface area contributed by atoms with Crippen LogP contribution in [0.2, 0.25) is 15.9 Å². The fraction of sp³-hybridized carbons (Fsp3) is 0.624. The molecule has 0 bridgehead atoms. The number of alkyl halides is 8. The molecule has 4 atom stereocenters. The van der Waals surface area contributed by atoms with Crippen LogP contribution in [-0.4, -0.2) is 283 Å². The highest BCUT2D eigenvalue weighted by Crippen LogP contribution is 2.39. The van der Waals surface area contributed by atoms with Crippen molar-refractivity contribution >= 4 is 118 Å². The number of hydrogen-bond acceptors (Lipinski definition) is 25. The van der Waals surface area contributed by atoms with Gasteiger partial charge in [-0.25, -0.2) is 71.8 Å². The minimum absolute atomic E-state index is 0. The number of carbonyl (C=O) groups is 4. The Bertz CT molecular complexity index is 4510. The number of carbonyl (C=O) groups excluding carboxylic acids is 3. The molecule has 0 radical (unpaired) electrons. The summed E-state index contributed by atoms with van der Waals surface area (Å²) in [5, 5.41) is 22.0. The van der Waals surface area contributed by atoms with Gasteiger partial charge in [0.1, 0.15) is 23.3 Å². The van der Waals surface area contributed by atoms with E-state index in [1.54, 1.807) is 21.9 Å². The van der Waals surface area contributed by atoms with Crippen molar-refractivity contribution in [2.75, 3.05) is 162 Å². The number of aliphatic carboxylic acids is 1. The van der Waals surface area contributed by atoms with E-state index in [0.717, 1.165) is 131 Å². The van der Waals surface area contributed by atoms with Crippen LogP contribution < -0.4 is 51.6 Å². The number of amides is 5. The Kier molecular flexibility index (Phi) is 46.3. The number of hydrogen-bond donors (Lipinski definition) is 6. The van der Waals surface area contributed by atoms with Crippen LogP contribution in [0.4, 0.5) is 79.4 Å². The monoisotopic (exact) mass is 1910 g/mol. The summed E-state index contributed by atoms with van der Waals surface area (Å²) in [5.41, 5.74) is 9.76. The lowest BCUT2D eigenvalue weighted by molar-refractivity contribution is -0.149. The zero-order chi connectivity index (χ0) is 89.0. The lowest BCUT2D eigenvalue weighted by atomic mass is 9.79. The predicted molar refractivity (Wildman–Crippen MR) is 492 cm³/mol. The van der Waals surface area contributed by atoms with E-state index < -0.39 is 37.6 Å². The molecule has 15 rings (SSSR count). The molecule has 129 heavy (non-hydrogen) atoms. The quantitative estimate of drug-likeness (QED) is 0.0298. The normalized spacial score (nSPS) is 19.5. The van der Waals surface area contributed by atoms with E-state index in [0.29, 0.717) is 133 Å². The number of halogens is 12. The molecule has 0 unspecified atom stereocenters. The van der Waals surface area contributed by atoms with Gasteiger partial charge in [-0.15, -0.1) is 12.4 Å². The van der Waals surface area contributed by atoms with Crippen LogP contribution >= 0.6 is 47.2 Å². The maximum atomic E-state index is 13.0. The maximum Gasteiger partial charge on any atom is 0.494 e. The summed E-state index contributed by atoms with van der Waals surface area (Å²) < 4.78 is 131. The smallest absolute Gasteiger partial charge is 0.477 e. The zero-order valence-electron chi connectivity index (χ0n) is 70.9. The fourth-order valence-corrected chi connectivity index (χ4v) is 15.5. The number of carboxylic acids is 1. The second kappa shape index (κ2) is 52.8. The fourth-order valence-electron chi connectivity index (χ4n) is 14.9. The Balaban J connectivity index is 0.000000333. The Morgan fingerprint density at radius 3 is 1.20 bits per heavy atom. The van der Waals surface area contributed by atoms with Crippen LogP contribution in [0.15, 0.2) is 48.5 Å². The molecule has 0 spiro atoms. The Hall–Kier alpha value is -8.26. The Morgan fingerprint density at radius 2 is 0.837 bits per heavy atom. The first-order valence-corrected chi connectivity index (χ1v) is 42.1. The number of urea groups is 2. The first-order chi connectivity index (χ1) is 58.6. The van der Waals surface area contributed by atoms with Crippen LogP contribution in [0.25, 0.3) is 11.4 Å². The molecule has 31 nitrogen and oxygen atoms in total. The summed E-state index contributed by atoms with van der Waals surface area (Å²) in [6.07, 6.45) is -8.25. The number of rotatable bonds is 16. The zero-order valence-corrected chi connectivity index (χ0v) is 74.0. The van der Waals surface area contributed by atoms with Crippen molar-refractivity contribution < 1.29 is 87.7 Å². The molecule has 6 N–H and O–H groups in total. The number of aromatic nitrogens is 8. The number of carboxylic acid groups (broad SMARTS) is 1. The molecule has 5 amide bonds. The molecular formula is C85H129BCl4F8N20O11. The van der Waals surface area contributed by atoms with Crippen molar-refractivity contribution in [1.82, 2.24) is 70.5 Å². The van der Waals surface area contributed by atoms with Crippen LogP contribution in [0.3, 0.4) is 0 Å². The van der Waals surface area contributed by atoms with Gasteiger partial charge in [-0.05, 0) is 178 Å². The maximum absolute atomic E-state index is 13.0. The van der Waals surface area contributed by atoms with Crippen molar-refractivity contribution in [1.29, 1.82) is 0 Å². The topological polar surface area (TPSA) is 330 Å². The van der Waals surface area contributed by atoms with Gasteiger partial charge in [-0.2, -0.15) is 17.6 Å². The van der Waals surface area contributed by atoms with Crippen molar-refractivity contribution in [3.8, 4) is 11.4 Å². The SMILES string of the molecule is C.C.C.C.C.CCNC(=O)Nc1ccc(-c2nc3c(c(N4CCOC[C@@H]4C)n2)CCN(CC(F)F)C3)cc1.CCNC(=O)Nc1ccc(B2OC(C)(C)C(C)(C)O2)cc1.C[C@H]1COCCN1c1nc(Cl)nc2c1CCN(C(=O)C(F)F)C2.C[C@H]1COCCN1c1nc(Cl)nc2c1CCN(CC(F)F)C2.C[C@H]1COCCN1c1nc(Cl)nc2c1CCNC2.Cl.O=C(O)C(F)F. The number of nitrogens with zero attached hydrogens (tertiary/aromatic N) is 15. The second-order valence-electron chi connectivity index (χ2n) is 31.4. The highest BCUT2D eigenvalue weighted by Gasteiger charge is 2.52. The first-order valence-electron chi connectivity index (χ1n) is 41.0. The molecule has 44 heteroatoms. The third-order valence-corrected chi connectivity index (χ3v) is 22.4. The summed E-state index contributed by atoms with van der Waals surface area (Å²) in [6.45, 7) is 33.0. The molecule has 6 aromatic rings. The standard InChI is InChI=1S/C23H30F2N6O2.C15H23BN2O3.C14H17ClF2N4O2.C14H19ClF2N4O.C12H17ClN4O.C2H2F2O2.5CH4.ClH/c1-3-26-23(32)27-17-6-4-16(5-7-17)21-28-19-12-30(13-20(24)25)9-8-18(19)22(29-21)31-10-11-33-14-15(31)2;1-6-17-13(19)18-12-9-7-11(8-10-12)16-20-14(2,3)15(4,5)21-16;1-8-7-23-5-4-21(8)12-9-2-3-20(13(22)11(16)17)6-10(9)18-14(15)19-12;1-9-8-22-5-4-21(9)13-10-2-3-20(7-12(16)17)6-11(10)18-14(15)19-13;1-8-7-18-5-4-17(8)11-9-2-3-14-6-10(9)15-12(13)16-11;3-1(4)2(5)6;;;;;;/h4-7,15,20H,3,8-14H2,1-2H3,(H2,26,27,32);7-10H,6H2,1-5H3,(H2,17,18,19);8,11H,2-7H2,1H3;9,12H,2-8H2,1H3;8,14H,2-7H2,1H3;1H,(H,5,6);5*1H4;1H/t15-;;8-;9-;8-;;;;;;;/m0.000......./s1. The van der Waals surface area contributed by atoms with Gasteiger partial charge >= 0.3 is 38.0 Å². The lowest BCUT2D eigenvalue weighted by Gasteiger charge is -2.37. The molecule has 13 heterocycles. The molecule has 9 aliphatic rings. The van der Waals surface area contributed by atoms with E-state index in [9.17, 15) is 49.5 Å². The van der Waals surface area contributed by atoms with Crippen molar-refractivity contribution in [2.24, 2.45) is 0 Å². The molecular weight excluding hydrogens is 1780 g/mol. The third kappa shape index (κ3) is 31.2. The lowest BCUT2D eigenvalue weighted by Crippen LogP contribution is -2.46. The average Bonchev–Trinajstić information content (AvgIpc) is 0.996. The third-order valence-electron chi connectivity index (χ3n) is 21.9. The number of anilines is 6. The summed E-state index contributed by atoms with van der Waals surface area (Å²) in [4.78, 5) is 92.7. The first kappa shape index (κ1) is 113. The van der Waals surface area contributed by atoms with Gasteiger partial charge in [0.2, 0.25) is 15.9 Å². The molecule has 5 saturated heterocycles. The van der Waals surface area contributed by atoms with Crippen molar-refractivity contribution in [3.63, 3.8) is 0 Å². The summed E-state index contributed by atoms with van der Waals surface area (Å²) in [5.74, 6) is 0.726. The summed E-state index contributed by atoms with van der Waals surface area (Å²) in [7, 11) is -0.381. The average molecular weight is 1910 g/mol. The van der Waals surface area contributed by atoms with E-state index >= 15 is 0 Å². The highest BCUT2D eigenvalue weighted by atomic mass is 35.5. The van der Waals surface area contributed by atoms with E-state index in [1.807, 2.05) is 84.9 Å². The van der Waals surface area contributed by atoms with Gasteiger partial charge < -0.3 is 84.4 Å². The molecule has 5 fully saturated rings. The molecule has 4 aromatic heterocycles. The van der Waals surface area contributed by atoms with Gasteiger partial charge in [0, 0.05) is 118 Å². The van der Waals surface area contributed by atoms with Gasteiger partial charge in [0.15, 0.2) is 5.82 Å². The highest BCUT2D eigenvalue weighted by molar-refractivity contribution is 6.62. The summed E-state index contributed by atoms with van der Waals surface area (Å²) >= 11 is 18.1. The number of benzene rings is 2. The number of fused-ring (bicyclic) bond motifs is 4. The van der Waals surface area contributed by atoms with Gasteiger partial charge in [-0.3, -0.25) is 14.6 Å². The molecule has 722 valence electrons. The van der Waals surface area contributed by atoms with Crippen molar-refractivity contribution in [2.45, 2.75) is 219 Å². The van der Waals surface area contributed by atoms with E-state index in [-0.39, 0.29) is 135 Å². The number of ether oxygens (including phenoxy) is 4. The van der Waals surface area contributed by atoms with E-state index in [2.05, 4.69) is 96.9 Å². The summed E-state index contributed by atoms with van der Waals surface area (Å²) in [6, 6.07) is 15.2. The molecule has 2 aromatic carbocycles. The Labute approximate surface area is 774 Å². The van der Waals surface area contributed by atoms with Gasteiger partial charge in [-0.1, -0.05) is 49.3 Å².